The van der Waals surface area contributed by atoms with Crippen LogP contribution in [0.4, 0.5) is 15.4 Å². The molecule has 4 heterocycles. The second-order valence-corrected chi connectivity index (χ2v) is 12.9. The van der Waals surface area contributed by atoms with Gasteiger partial charge in [0.05, 0.1) is 23.6 Å². The molecule has 0 spiro atoms. The minimum Gasteiger partial charge on any atom is -0.455 e. The molecule has 5 atom stereocenters. The zero-order valence-electron chi connectivity index (χ0n) is 29.0. The van der Waals surface area contributed by atoms with Gasteiger partial charge in [-0.2, -0.15) is 0 Å². The number of esters is 2. The first-order valence-electron chi connectivity index (χ1n) is 16.4. The Morgan fingerprint density at radius 1 is 1.04 bits per heavy atom. The lowest BCUT2D eigenvalue weighted by Crippen LogP contribution is -2.52. The number of amides is 3. The summed E-state index contributed by atoms with van der Waals surface area (Å²) >= 11 is 0. The van der Waals surface area contributed by atoms with E-state index in [1.54, 1.807) is 52.0 Å². The first-order chi connectivity index (χ1) is 24.7. The number of aromatic nitrogens is 3. The number of nitrogens with one attached hydrogen (secondary N) is 3. The molecule has 2 aliphatic rings. The Balaban J connectivity index is 1.37. The number of rotatable bonds is 12. The lowest BCUT2D eigenvalue weighted by molar-refractivity contribution is -0.167. The summed E-state index contributed by atoms with van der Waals surface area (Å²) in [7, 11) is 0. The summed E-state index contributed by atoms with van der Waals surface area (Å²) in [6.45, 7) is 6.53. The second-order valence-electron chi connectivity index (χ2n) is 12.9. The molecule has 0 bridgehead atoms. The van der Waals surface area contributed by atoms with E-state index < -0.39 is 85.3 Å². The first-order valence-corrected chi connectivity index (χ1v) is 16.4. The maximum Gasteiger partial charge on any atom is 0.414 e. The summed E-state index contributed by atoms with van der Waals surface area (Å²) < 4.78 is 28.3. The van der Waals surface area contributed by atoms with Crippen molar-refractivity contribution in [1.29, 1.82) is 0 Å². The molecule has 52 heavy (non-hydrogen) atoms. The van der Waals surface area contributed by atoms with Crippen LogP contribution >= 0.6 is 0 Å². The Morgan fingerprint density at radius 2 is 1.77 bits per heavy atom. The van der Waals surface area contributed by atoms with Crippen molar-refractivity contribution in [1.82, 2.24) is 25.2 Å². The molecule has 5 N–H and O–H groups in total. The number of benzene rings is 1. The van der Waals surface area contributed by atoms with Gasteiger partial charge >= 0.3 is 24.1 Å². The average Bonchev–Trinajstić information content (AvgIpc) is 3.55. The number of carbonyl (C=O) groups is 5. The molecule has 3 amide bonds. The highest BCUT2D eigenvalue weighted by atomic mass is 16.7. The third kappa shape index (κ3) is 8.14. The zero-order chi connectivity index (χ0) is 37.7. The molecule has 0 saturated carbocycles. The molecule has 2 aliphatic heterocycles. The fourth-order valence-corrected chi connectivity index (χ4v) is 5.64. The van der Waals surface area contributed by atoms with E-state index in [9.17, 15) is 34.2 Å². The quantitative estimate of drug-likeness (QED) is 0.102. The molecule has 278 valence electrons. The summed E-state index contributed by atoms with van der Waals surface area (Å²) in [5, 5.41) is 30.0. The van der Waals surface area contributed by atoms with Gasteiger partial charge in [-0.3, -0.25) is 14.9 Å². The normalized spacial score (nSPS) is 21.5. The third-order valence-corrected chi connectivity index (χ3v) is 8.32. The molecule has 1 saturated heterocycles. The van der Waals surface area contributed by atoms with Crippen LogP contribution in [-0.2, 0) is 44.7 Å². The Morgan fingerprint density at radius 3 is 2.44 bits per heavy atom. The molecule has 0 radical (unpaired) electrons. The number of aliphatic hydroxyl groups is 2. The topological polar surface area (TPSA) is 239 Å². The van der Waals surface area contributed by atoms with Crippen LogP contribution in [0.5, 0.6) is 0 Å². The molecule has 5 rings (SSSR count). The largest absolute Gasteiger partial charge is 0.455 e. The van der Waals surface area contributed by atoms with Crippen molar-refractivity contribution in [3.63, 3.8) is 0 Å². The van der Waals surface area contributed by atoms with Crippen LogP contribution in [0.3, 0.4) is 0 Å². The van der Waals surface area contributed by atoms with Gasteiger partial charge in [-0.05, 0) is 18.4 Å². The van der Waals surface area contributed by atoms with Crippen molar-refractivity contribution in [3.05, 3.63) is 60.1 Å². The highest BCUT2D eigenvalue weighted by molar-refractivity contribution is 6.14. The summed E-state index contributed by atoms with van der Waals surface area (Å²) in [4.78, 5) is 71.8. The number of alkyl carbamates (subject to hydrolysis) is 2. The van der Waals surface area contributed by atoms with Crippen LogP contribution in [0.2, 0.25) is 0 Å². The minimum absolute atomic E-state index is 0.0327. The van der Waals surface area contributed by atoms with Crippen LogP contribution in [0.15, 0.2) is 48.9 Å². The molecule has 18 heteroatoms. The van der Waals surface area contributed by atoms with Crippen molar-refractivity contribution < 1.29 is 57.9 Å². The van der Waals surface area contributed by atoms with Crippen LogP contribution in [0.25, 0.3) is 16.7 Å². The maximum atomic E-state index is 13.5. The van der Waals surface area contributed by atoms with Gasteiger partial charge in [-0.15, -0.1) is 0 Å². The van der Waals surface area contributed by atoms with Gasteiger partial charge in [-0.1, -0.05) is 58.0 Å². The molecule has 1 aromatic carbocycles. The second kappa shape index (κ2) is 15.7. The summed E-state index contributed by atoms with van der Waals surface area (Å²) in [5.41, 5.74) is -1.01. The van der Waals surface area contributed by atoms with E-state index in [0.29, 0.717) is 0 Å². The number of ether oxygens (including phenoxy) is 5. The van der Waals surface area contributed by atoms with Gasteiger partial charge in [0, 0.05) is 17.8 Å². The predicted molar refractivity (Wildman–Crippen MR) is 179 cm³/mol. The lowest BCUT2D eigenvalue weighted by atomic mass is 9.95. The molecular weight excluding hydrogens is 684 g/mol. The first kappa shape index (κ1) is 37.7. The SMILES string of the molecule is CC(C)C(=O)OCOC(=O)NC1=CC(=O)Nc2ncnc3c2c1cn3C1OC(CO)C(OC(=O)C(NC(=O)OCc2ccccc2)C(C)C)C1(C)O. The number of nitrogens with zero attached hydrogens (tertiary/aromatic N) is 3. The van der Waals surface area contributed by atoms with Crippen LogP contribution in [-0.4, -0.2) is 92.0 Å². The number of hydrogen-bond acceptors (Lipinski definition) is 14. The van der Waals surface area contributed by atoms with E-state index in [4.69, 9.17) is 23.7 Å². The van der Waals surface area contributed by atoms with Crippen molar-refractivity contribution in [3.8, 4) is 0 Å². The predicted octanol–water partition coefficient (Wildman–Crippen LogP) is 2.11. The molecule has 5 unspecified atom stereocenters. The number of aliphatic hydroxyl groups excluding tert-OH is 1. The van der Waals surface area contributed by atoms with Crippen LogP contribution in [0.1, 0.15) is 52.0 Å². The van der Waals surface area contributed by atoms with Crippen LogP contribution in [0, 0.1) is 11.8 Å². The monoisotopic (exact) mass is 724 g/mol. The smallest absolute Gasteiger partial charge is 0.414 e. The Kier molecular flexibility index (Phi) is 11.4. The van der Waals surface area contributed by atoms with E-state index >= 15 is 0 Å². The van der Waals surface area contributed by atoms with Gasteiger partial charge in [-0.25, -0.2) is 24.4 Å². The lowest BCUT2D eigenvalue weighted by Gasteiger charge is -2.31. The van der Waals surface area contributed by atoms with Crippen molar-refractivity contribution in [2.24, 2.45) is 11.8 Å². The van der Waals surface area contributed by atoms with Crippen molar-refractivity contribution in [2.45, 2.75) is 71.3 Å². The fourth-order valence-electron chi connectivity index (χ4n) is 5.64. The molecule has 0 aliphatic carbocycles. The number of hydrogen-bond donors (Lipinski definition) is 5. The van der Waals surface area contributed by atoms with Crippen LogP contribution < -0.4 is 16.0 Å². The van der Waals surface area contributed by atoms with Crippen molar-refractivity contribution in [2.75, 3.05) is 18.7 Å². The number of carbonyl (C=O) groups excluding carboxylic acids is 5. The Bertz CT molecular complexity index is 1860. The average molecular weight is 725 g/mol. The summed E-state index contributed by atoms with van der Waals surface area (Å²) in [6, 6.07) is 7.77. The van der Waals surface area contributed by atoms with Gasteiger partial charge in [0.15, 0.2) is 12.3 Å². The van der Waals surface area contributed by atoms with E-state index in [1.807, 2.05) is 6.07 Å². The Labute approximate surface area is 297 Å². The van der Waals surface area contributed by atoms with E-state index in [2.05, 4.69) is 25.9 Å². The minimum atomic E-state index is -2.03. The summed E-state index contributed by atoms with van der Waals surface area (Å²) in [6.07, 6.45) is -2.31. The van der Waals surface area contributed by atoms with E-state index in [0.717, 1.165) is 18.0 Å². The highest BCUT2D eigenvalue weighted by Crippen LogP contribution is 2.44. The summed E-state index contributed by atoms with van der Waals surface area (Å²) in [5.74, 6) is -2.98. The molecule has 18 nitrogen and oxygen atoms in total. The Hall–Kier alpha value is -5.59. The van der Waals surface area contributed by atoms with Crippen molar-refractivity contribution >= 4 is 52.6 Å². The molecule has 1 fully saturated rings. The zero-order valence-corrected chi connectivity index (χ0v) is 29.0. The number of anilines is 1. The van der Waals surface area contributed by atoms with Gasteiger partial charge in [0.25, 0.3) is 5.91 Å². The molecule has 2 aromatic heterocycles. The van der Waals surface area contributed by atoms with Gasteiger partial charge in [0.1, 0.15) is 42.1 Å². The standard InChI is InChI=1S/C34H40N6O12/c1-17(2)25(39-33(46)48-14-19-9-7-6-8-10-19)30(44)52-26-22(13-41)51-31(34(26,5)47)40-12-20-21(37-32(45)50-16-49-29(43)18(3)4)11-23(42)38-27-24(20)28(40)36-15-35-27/h6-12,15,17-18,22,25-26,31,41,47H,13-14,16H2,1-5H3,(H,37,45)(H,39,46)(H,35,36,38,42). The third-order valence-electron chi connectivity index (χ3n) is 8.32. The van der Waals surface area contributed by atoms with Gasteiger partial charge < -0.3 is 49.1 Å². The van der Waals surface area contributed by atoms with Gasteiger partial charge in [0.2, 0.25) is 6.79 Å². The highest BCUT2D eigenvalue weighted by Gasteiger charge is 2.57. The molecular formula is C34H40N6O12. The maximum absolute atomic E-state index is 13.5. The molecule has 3 aromatic rings. The van der Waals surface area contributed by atoms with E-state index in [1.165, 1.54) is 17.7 Å². The van der Waals surface area contributed by atoms with E-state index in [-0.39, 0.29) is 34.7 Å². The fraction of sp³-hybridized carbons (Fsp3) is 0.441.